The Hall–Kier alpha value is -6.23. The molecule has 0 aliphatic carbocycles. The normalized spacial score (nSPS) is 10.5. The summed E-state index contributed by atoms with van der Waals surface area (Å²) < 4.78 is 35.9. The fourth-order valence-corrected chi connectivity index (χ4v) is 3.59. The van der Waals surface area contributed by atoms with Gasteiger partial charge in [0.15, 0.2) is 0 Å². The molecule has 0 atom stereocenters. The van der Waals surface area contributed by atoms with E-state index in [1.54, 1.807) is 19.1 Å². The summed E-state index contributed by atoms with van der Waals surface area (Å²) >= 11 is 0. The van der Waals surface area contributed by atoms with E-state index in [1.165, 1.54) is 6.07 Å². The van der Waals surface area contributed by atoms with Crippen LogP contribution in [0.4, 0.5) is 21.0 Å². The number of rotatable bonds is 22. The molecule has 3 N–H and O–H groups in total. The minimum Gasteiger partial charge on any atom is -0.462 e. The van der Waals surface area contributed by atoms with Crippen LogP contribution >= 0.6 is 0 Å². The lowest BCUT2D eigenvalue weighted by Gasteiger charge is -2.31. The Morgan fingerprint density at radius 3 is 1.27 bits per heavy atom. The second-order valence-electron chi connectivity index (χ2n) is 10.6. The summed E-state index contributed by atoms with van der Waals surface area (Å²) in [5, 5.41) is 15.0. The number of aliphatic hydroxyl groups excluding tert-OH is 1. The van der Waals surface area contributed by atoms with E-state index < -0.39 is 106 Å². The lowest BCUT2D eigenvalue weighted by atomic mass is 9.92. The minimum atomic E-state index is -1.61. The average molecular weight is 717 g/mol. The third-order valence-electron chi connectivity index (χ3n) is 6.53. The van der Waals surface area contributed by atoms with Crippen molar-refractivity contribution in [3.05, 3.63) is 87.0 Å². The van der Waals surface area contributed by atoms with Crippen molar-refractivity contribution in [2.75, 3.05) is 63.5 Å². The molecule has 1 rings (SSSR count). The molecule has 1 aromatic carbocycles. The maximum Gasteiger partial charge on any atom is 0.411 e. The quantitative estimate of drug-likeness (QED) is 0.0890. The molecule has 0 unspecified atom stereocenters. The molecular formula is C34H40N2O15. The van der Waals surface area contributed by atoms with Crippen LogP contribution in [0.5, 0.6) is 0 Å². The first-order valence-electron chi connectivity index (χ1n) is 14.8. The van der Waals surface area contributed by atoms with Crippen LogP contribution in [0.1, 0.15) is 5.56 Å². The van der Waals surface area contributed by atoms with Gasteiger partial charge in [-0.1, -0.05) is 45.0 Å². The van der Waals surface area contributed by atoms with Gasteiger partial charge in [-0.2, -0.15) is 0 Å². The lowest BCUT2D eigenvalue weighted by Crippen LogP contribution is -2.44. The molecule has 0 aliphatic heterocycles. The highest BCUT2D eigenvalue weighted by Gasteiger charge is 2.38. The number of carbonyl (C=O) groups excluding carboxylic acids is 7. The molecule has 17 heteroatoms. The molecule has 0 bridgehead atoms. The van der Waals surface area contributed by atoms with Crippen molar-refractivity contribution in [1.82, 2.24) is 0 Å². The smallest absolute Gasteiger partial charge is 0.411 e. The Bertz CT molecular complexity index is 1420. The number of nitrogens with one attached hydrogen (secondary N) is 2. The number of carbonyl (C=O) groups is 7. The van der Waals surface area contributed by atoms with Gasteiger partial charge in [0, 0.05) is 30.4 Å². The molecular weight excluding hydrogens is 676 g/mol. The third kappa shape index (κ3) is 15.2. The van der Waals surface area contributed by atoms with Crippen molar-refractivity contribution >= 4 is 53.4 Å². The zero-order chi connectivity index (χ0) is 38.5. The number of amides is 2. The second kappa shape index (κ2) is 21.7. The van der Waals surface area contributed by atoms with Gasteiger partial charge in [0.25, 0.3) is 0 Å². The van der Waals surface area contributed by atoms with Crippen LogP contribution in [0.2, 0.25) is 0 Å². The summed E-state index contributed by atoms with van der Waals surface area (Å²) in [6, 6.07) is 4.54. The first-order chi connectivity index (χ1) is 24.2. The molecule has 1 aromatic rings. The van der Waals surface area contributed by atoms with E-state index in [1.807, 2.05) is 0 Å². The van der Waals surface area contributed by atoms with E-state index in [0.717, 1.165) is 30.4 Å². The van der Waals surface area contributed by atoms with E-state index in [4.69, 9.17) is 33.2 Å². The Kier molecular flexibility index (Phi) is 18.2. The zero-order valence-electron chi connectivity index (χ0n) is 28.0. The fourth-order valence-electron chi connectivity index (χ4n) is 3.59. The molecule has 2 amide bonds. The summed E-state index contributed by atoms with van der Waals surface area (Å²) in [7, 11) is 0. The number of aliphatic hydroxyl groups is 1. The third-order valence-corrected chi connectivity index (χ3v) is 6.53. The Morgan fingerprint density at radius 1 is 0.569 bits per heavy atom. The van der Waals surface area contributed by atoms with Crippen molar-refractivity contribution in [3.63, 3.8) is 0 Å². The van der Waals surface area contributed by atoms with Gasteiger partial charge in [0.1, 0.15) is 51.7 Å². The molecule has 0 aromatic heterocycles. The summed E-state index contributed by atoms with van der Waals surface area (Å²) in [5.41, 5.74) is -2.67. The van der Waals surface area contributed by atoms with E-state index >= 15 is 0 Å². The highest BCUT2D eigenvalue weighted by atomic mass is 16.6. The molecule has 0 saturated heterocycles. The molecule has 0 aliphatic rings. The largest absolute Gasteiger partial charge is 0.462 e. The maximum absolute atomic E-state index is 13.1. The Balaban J connectivity index is 3.19. The van der Waals surface area contributed by atoms with Crippen LogP contribution in [0.25, 0.3) is 0 Å². The first kappa shape index (κ1) is 42.8. The van der Waals surface area contributed by atoms with Crippen LogP contribution in [-0.2, 0) is 57.1 Å². The van der Waals surface area contributed by atoms with Crippen LogP contribution < -0.4 is 10.6 Å². The number of hydrogen-bond acceptors (Lipinski definition) is 15. The van der Waals surface area contributed by atoms with Gasteiger partial charge < -0.3 is 38.3 Å². The van der Waals surface area contributed by atoms with Crippen molar-refractivity contribution in [3.8, 4) is 0 Å². The van der Waals surface area contributed by atoms with E-state index in [9.17, 15) is 38.7 Å². The van der Waals surface area contributed by atoms with Gasteiger partial charge in [-0.15, -0.1) is 0 Å². The van der Waals surface area contributed by atoms with Crippen molar-refractivity contribution in [1.29, 1.82) is 0 Å². The van der Waals surface area contributed by atoms with Gasteiger partial charge in [0.2, 0.25) is 0 Å². The number of anilines is 2. The number of aryl methyl sites for hydroxylation is 1. The molecule has 0 radical (unpaired) electrons. The second-order valence-corrected chi connectivity index (χ2v) is 10.6. The first-order valence-corrected chi connectivity index (χ1v) is 14.8. The predicted octanol–water partition coefficient (Wildman–Crippen LogP) is 2.70. The van der Waals surface area contributed by atoms with Crippen LogP contribution in [0, 0.1) is 17.8 Å². The van der Waals surface area contributed by atoms with Crippen molar-refractivity contribution < 1.29 is 71.8 Å². The minimum absolute atomic E-state index is 0.0220. The van der Waals surface area contributed by atoms with Gasteiger partial charge in [-0.25, -0.2) is 33.6 Å². The summed E-state index contributed by atoms with van der Waals surface area (Å²) in [4.78, 5) is 84.7. The number of para-hydroxylation sites is 1. The molecule has 0 saturated carbocycles. The van der Waals surface area contributed by atoms with Crippen LogP contribution in [0.3, 0.4) is 0 Å². The molecule has 51 heavy (non-hydrogen) atoms. The standard InChI is InChI=1S/C34H40N2O15/c1-7-25(38)45-16-33(15-37,17-46-26(39)8-2)18-50-31(43)35-24-14-12-13-23(6)30(24)36-32(44)51-22-34(19-47-27(40)9-3,20-48-28(41)10-4)21-49-29(42)11-5/h7-14,37H,1-5,15-22H2,6H3,(H,35,43)(H,36,44). The number of hydrogen-bond donors (Lipinski definition) is 3. The highest BCUT2D eigenvalue weighted by molar-refractivity contribution is 5.96. The molecule has 0 spiro atoms. The molecule has 17 nitrogen and oxygen atoms in total. The van der Waals surface area contributed by atoms with Gasteiger partial charge in [0.05, 0.1) is 23.4 Å². The maximum atomic E-state index is 13.1. The van der Waals surface area contributed by atoms with Crippen LogP contribution in [-0.4, -0.2) is 100.0 Å². The van der Waals surface area contributed by atoms with Gasteiger partial charge >= 0.3 is 42.0 Å². The SMILES string of the molecule is C=CC(=O)OCC(CO)(COC(=O)C=C)COC(=O)Nc1cccc(C)c1NC(=O)OCC(COC(=O)C=C)(COC(=O)C=C)COC(=O)C=C. The fraction of sp³-hybridized carbons (Fsp3) is 0.324. The molecule has 0 heterocycles. The highest BCUT2D eigenvalue weighted by Crippen LogP contribution is 2.28. The Morgan fingerprint density at radius 2 is 0.902 bits per heavy atom. The van der Waals surface area contributed by atoms with Crippen molar-refractivity contribution in [2.45, 2.75) is 6.92 Å². The van der Waals surface area contributed by atoms with Crippen LogP contribution in [0.15, 0.2) is 81.5 Å². The zero-order valence-corrected chi connectivity index (χ0v) is 28.0. The lowest BCUT2D eigenvalue weighted by molar-refractivity contribution is -0.159. The van der Waals surface area contributed by atoms with Gasteiger partial charge in [-0.3, -0.25) is 10.6 Å². The summed E-state index contributed by atoms with van der Waals surface area (Å²) in [6.45, 7) is 13.3. The predicted molar refractivity (Wildman–Crippen MR) is 179 cm³/mol. The number of ether oxygens (including phenoxy) is 7. The summed E-state index contributed by atoms with van der Waals surface area (Å²) in [5.74, 6) is -4.31. The van der Waals surface area contributed by atoms with E-state index in [-0.39, 0.29) is 11.4 Å². The summed E-state index contributed by atoms with van der Waals surface area (Å²) in [6.07, 6.45) is 2.14. The topological polar surface area (TPSA) is 228 Å². The molecule has 0 fully saturated rings. The van der Waals surface area contributed by atoms with Crippen molar-refractivity contribution in [2.24, 2.45) is 10.8 Å². The number of esters is 5. The molecule has 276 valence electrons. The van der Waals surface area contributed by atoms with E-state index in [0.29, 0.717) is 5.56 Å². The van der Waals surface area contributed by atoms with Gasteiger partial charge in [-0.05, 0) is 18.6 Å². The number of benzene rings is 1. The Labute approximate surface area is 293 Å². The average Bonchev–Trinajstić information content (AvgIpc) is 3.14. The van der Waals surface area contributed by atoms with E-state index in [2.05, 4.69) is 43.5 Å². The monoisotopic (exact) mass is 716 g/mol.